The summed E-state index contributed by atoms with van der Waals surface area (Å²) in [4.78, 5) is 2.57. The highest BCUT2D eigenvalue weighted by Gasteiger charge is 2.41. The van der Waals surface area contributed by atoms with Crippen LogP contribution < -0.4 is 11.3 Å². The molecule has 2 atom stereocenters. The second-order valence-corrected chi connectivity index (χ2v) is 5.62. The van der Waals surface area contributed by atoms with E-state index in [4.69, 9.17) is 10.6 Å². The molecule has 0 saturated carbocycles. The Kier molecular flexibility index (Phi) is 3.85. The van der Waals surface area contributed by atoms with Crippen LogP contribution in [-0.4, -0.2) is 42.8 Å². The third-order valence-electron chi connectivity index (χ3n) is 4.30. The van der Waals surface area contributed by atoms with E-state index in [0.717, 1.165) is 19.6 Å². The van der Waals surface area contributed by atoms with E-state index in [2.05, 4.69) is 24.2 Å². The van der Waals surface area contributed by atoms with Gasteiger partial charge < -0.3 is 4.74 Å². The van der Waals surface area contributed by atoms with Gasteiger partial charge in [0.2, 0.25) is 0 Å². The van der Waals surface area contributed by atoms with Crippen LogP contribution in [0.3, 0.4) is 0 Å². The summed E-state index contributed by atoms with van der Waals surface area (Å²) in [5.74, 6) is 6.33. The number of hydrogen-bond donors (Lipinski definition) is 2. The smallest absolute Gasteiger partial charge is 0.0511 e. The van der Waals surface area contributed by atoms with E-state index in [1.807, 2.05) is 0 Å². The number of ether oxygens (including phenoxy) is 1. The van der Waals surface area contributed by atoms with Gasteiger partial charge >= 0.3 is 0 Å². The maximum atomic E-state index is 5.77. The van der Waals surface area contributed by atoms with Crippen LogP contribution in [0.4, 0.5) is 0 Å². The number of nitrogens with one attached hydrogen (secondary N) is 1. The van der Waals surface area contributed by atoms with E-state index in [1.54, 1.807) is 0 Å². The SMILES string of the molecule is CC(C)(C(NN)C1CCOC1)N1CCCC1. The van der Waals surface area contributed by atoms with E-state index in [-0.39, 0.29) is 5.54 Å². The number of likely N-dealkylation sites (tertiary alicyclic amines) is 1. The van der Waals surface area contributed by atoms with Gasteiger partial charge in [-0.2, -0.15) is 0 Å². The van der Waals surface area contributed by atoms with E-state index >= 15 is 0 Å². The third-order valence-corrected chi connectivity index (χ3v) is 4.30. The molecule has 0 aliphatic carbocycles. The molecule has 2 unspecified atom stereocenters. The van der Waals surface area contributed by atoms with E-state index in [0.29, 0.717) is 12.0 Å². The van der Waals surface area contributed by atoms with Gasteiger partial charge in [-0.15, -0.1) is 0 Å². The Morgan fingerprint density at radius 2 is 2.06 bits per heavy atom. The highest BCUT2D eigenvalue weighted by molar-refractivity contribution is 4.98. The van der Waals surface area contributed by atoms with Gasteiger partial charge in [-0.1, -0.05) is 0 Å². The molecule has 4 nitrogen and oxygen atoms in total. The number of nitrogens with two attached hydrogens (primary N) is 1. The zero-order valence-corrected chi connectivity index (χ0v) is 10.5. The lowest BCUT2D eigenvalue weighted by Gasteiger charge is -2.44. The molecule has 0 radical (unpaired) electrons. The molecule has 2 fully saturated rings. The van der Waals surface area contributed by atoms with Crippen LogP contribution in [0.15, 0.2) is 0 Å². The van der Waals surface area contributed by atoms with Crippen LogP contribution >= 0.6 is 0 Å². The van der Waals surface area contributed by atoms with E-state index in [9.17, 15) is 0 Å². The molecule has 0 aromatic heterocycles. The summed E-state index contributed by atoms with van der Waals surface area (Å²) >= 11 is 0. The average molecular weight is 227 g/mol. The van der Waals surface area contributed by atoms with Crippen molar-refractivity contribution in [3.8, 4) is 0 Å². The lowest BCUT2D eigenvalue weighted by atomic mass is 9.83. The predicted octanol–water partition coefficient (Wildman–Crippen LogP) is 0.729. The van der Waals surface area contributed by atoms with Crippen LogP contribution in [0, 0.1) is 5.92 Å². The summed E-state index contributed by atoms with van der Waals surface area (Å²) in [6, 6.07) is 0.327. The van der Waals surface area contributed by atoms with Gasteiger partial charge in [0.15, 0.2) is 0 Å². The minimum absolute atomic E-state index is 0.129. The first-order valence-electron chi connectivity index (χ1n) is 6.45. The van der Waals surface area contributed by atoms with Crippen molar-refractivity contribution in [1.29, 1.82) is 0 Å². The minimum atomic E-state index is 0.129. The van der Waals surface area contributed by atoms with Crippen LogP contribution in [0.2, 0.25) is 0 Å². The zero-order chi connectivity index (χ0) is 11.6. The molecule has 0 bridgehead atoms. The molecule has 4 heteroatoms. The summed E-state index contributed by atoms with van der Waals surface area (Å²) < 4.78 is 5.48. The lowest BCUT2D eigenvalue weighted by molar-refractivity contribution is 0.0705. The summed E-state index contributed by atoms with van der Waals surface area (Å²) in [6.07, 6.45) is 3.77. The number of nitrogens with zero attached hydrogens (tertiary/aromatic N) is 1. The molecule has 0 spiro atoms. The number of hydrazine groups is 1. The Morgan fingerprint density at radius 1 is 1.38 bits per heavy atom. The van der Waals surface area contributed by atoms with Crippen molar-refractivity contribution in [3.63, 3.8) is 0 Å². The van der Waals surface area contributed by atoms with Crippen molar-refractivity contribution in [1.82, 2.24) is 10.3 Å². The molecule has 2 aliphatic heterocycles. The Balaban J connectivity index is 2.05. The van der Waals surface area contributed by atoms with Crippen molar-refractivity contribution in [2.45, 2.75) is 44.7 Å². The Bertz CT molecular complexity index is 220. The highest BCUT2D eigenvalue weighted by atomic mass is 16.5. The Hall–Kier alpha value is -0.160. The van der Waals surface area contributed by atoms with E-state index < -0.39 is 0 Å². The van der Waals surface area contributed by atoms with Gasteiger partial charge in [-0.3, -0.25) is 16.2 Å². The molecule has 2 heterocycles. The molecule has 2 rings (SSSR count). The van der Waals surface area contributed by atoms with E-state index in [1.165, 1.54) is 25.9 Å². The molecule has 0 amide bonds. The quantitative estimate of drug-likeness (QED) is 0.549. The van der Waals surface area contributed by atoms with Crippen LogP contribution in [0.25, 0.3) is 0 Å². The zero-order valence-electron chi connectivity index (χ0n) is 10.5. The van der Waals surface area contributed by atoms with Gasteiger partial charge in [0.25, 0.3) is 0 Å². The molecule has 16 heavy (non-hydrogen) atoms. The molecule has 0 aromatic carbocycles. The van der Waals surface area contributed by atoms with Crippen LogP contribution in [-0.2, 0) is 4.74 Å². The van der Waals surface area contributed by atoms with Gasteiger partial charge in [0.05, 0.1) is 6.61 Å². The highest BCUT2D eigenvalue weighted by Crippen LogP contribution is 2.30. The molecule has 2 aliphatic rings. The lowest BCUT2D eigenvalue weighted by Crippen LogP contribution is -2.61. The third kappa shape index (κ3) is 2.25. The minimum Gasteiger partial charge on any atom is -0.381 e. The predicted molar refractivity (Wildman–Crippen MR) is 64.9 cm³/mol. The Morgan fingerprint density at radius 3 is 2.56 bits per heavy atom. The fourth-order valence-corrected chi connectivity index (χ4v) is 3.22. The maximum Gasteiger partial charge on any atom is 0.0511 e. The molecular weight excluding hydrogens is 202 g/mol. The van der Waals surface area contributed by atoms with Crippen LogP contribution in [0.1, 0.15) is 33.1 Å². The first-order chi connectivity index (χ1) is 7.66. The van der Waals surface area contributed by atoms with Crippen molar-refractivity contribution in [2.24, 2.45) is 11.8 Å². The summed E-state index contributed by atoms with van der Waals surface area (Å²) in [5.41, 5.74) is 3.17. The largest absolute Gasteiger partial charge is 0.381 e. The average Bonchev–Trinajstić information content (AvgIpc) is 2.91. The summed E-state index contributed by atoms with van der Waals surface area (Å²) in [6.45, 7) is 8.77. The topological polar surface area (TPSA) is 50.5 Å². The van der Waals surface area contributed by atoms with Gasteiger partial charge in [0.1, 0.15) is 0 Å². The van der Waals surface area contributed by atoms with Crippen molar-refractivity contribution < 1.29 is 4.74 Å². The van der Waals surface area contributed by atoms with Crippen molar-refractivity contribution in [2.75, 3.05) is 26.3 Å². The normalized spacial score (nSPS) is 29.8. The monoisotopic (exact) mass is 227 g/mol. The molecule has 3 N–H and O–H groups in total. The molecular formula is C12H25N3O. The second-order valence-electron chi connectivity index (χ2n) is 5.62. The summed E-state index contributed by atoms with van der Waals surface area (Å²) in [7, 11) is 0. The molecule has 94 valence electrons. The molecule has 2 saturated heterocycles. The number of rotatable bonds is 4. The maximum absolute atomic E-state index is 5.77. The first-order valence-corrected chi connectivity index (χ1v) is 6.45. The Labute approximate surface area is 98.5 Å². The van der Waals surface area contributed by atoms with Crippen LogP contribution in [0.5, 0.6) is 0 Å². The fourth-order valence-electron chi connectivity index (χ4n) is 3.22. The number of hydrogen-bond acceptors (Lipinski definition) is 4. The van der Waals surface area contributed by atoms with Gasteiger partial charge in [-0.25, -0.2) is 0 Å². The second kappa shape index (κ2) is 5.00. The fraction of sp³-hybridized carbons (Fsp3) is 1.00. The first kappa shape index (κ1) is 12.3. The van der Waals surface area contributed by atoms with Gasteiger partial charge in [-0.05, 0) is 46.2 Å². The van der Waals surface area contributed by atoms with Crippen molar-refractivity contribution in [3.05, 3.63) is 0 Å². The standard InChI is InChI=1S/C12H25N3O/c1-12(2,15-6-3-4-7-15)11(14-13)10-5-8-16-9-10/h10-11,14H,3-9,13H2,1-2H3. The van der Waals surface area contributed by atoms with Crippen molar-refractivity contribution >= 4 is 0 Å². The molecule has 0 aromatic rings. The summed E-state index contributed by atoms with van der Waals surface area (Å²) in [5, 5.41) is 0. The van der Waals surface area contributed by atoms with Gasteiger partial charge in [0, 0.05) is 24.1 Å².